The zero-order valence-corrected chi connectivity index (χ0v) is 26.6. The molecule has 0 unspecified atom stereocenters. The molecule has 0 spiro atoms. The van der Waals surface area contributed by atoms with Gasteiger partial charge in [0.25, 0.3) is 0 Å². The molecule has 0 amide bonds. The van der Waals surface area contributed by atoms with Gasteiger partial charge in [-0.15, -0.1) is 0 Å². The Kier molecular flexibility index (Phi) is 84.0. The summed E-state index contributed by atoms with van der Waals surface area (Å²) in [6, 6.07) is 0. The van der Waals surface area contributed by atoms with Crippen molar-refractivity contribution in [3.05, 3.63) is 24.3 Å². The zero-order chi connectivity index (χ0) is 28.0. The largest absolute Gasteiger partial charge is 0.0925 e. The molecule has 0 aromatic rings. The first kappa shape index (κ1) is 53.8. The first-order chi connectivity index (χ1) is 17.5. The molecule has 0 aromatic carbocycles. The topological polar surface area (TPSA) is 0 Å². The predicted octanol–water partition coefficient (Wildman–Crippen LogP) is 16.0. The SMILES string of the molecule is C.C.C.CC#CC#CC(C)C.CC/C=C\C/C=C\CC.CCCCCCCC.CCCCCCCCCCC.[HH].[HH].[HH].[HH].[HH]. The Hall–Kier alpha value is -1.40. The summed E-state index contributed by atoms with van der Waals surface area (Å²) in [4.78, 5) is 0. The molecule has 0 radical (unpaired) electrons. The molecule has 0 aliphatic rings. The van der Waals surface area contributed by atoms with Crippen LogP contribution in [0.15, 0.2) is 24.3 Å². The van der Waals surface area contributed by atoms with E-state index in [2.05, 4.69) is 89.5 Å². The number of rotatable bonds is 17. The number of hydrogen-bond donors (Lipinski definition) is 0. The summed E-state index contributed by atoms with van der Waals surface area (Å²) in [7, 11) is 0. The van der Waals surface area contributed by atoms with Crippen LogP contribution in [0.1, 0.15) is 207 Å². The van der Waals surface area contributed by atoms with E-state index in [-0.39, 0.29) is 29.4 Å². The number of unbranched alkanes of at least 4 members (excludes halogenated alkanes) is 13. The lowest BCUT2D eigenvalue weighted by atomic mass is 10.1. The maximum atomic E-state index is 2.92. The van der Waals surface area contributed by atoms with E-state index in [4.69, 9.17) is 0 Å². The average molecular weight is 559 g/mol. The van der Waals surface area contributed by atoms with Crippen LogP contribution in [0.4, 0.5) is 0 Å². The molecule has 0 aliphatic carbocycles. The van der Waals surface area contributed by atoms with Crippen molar-refractivity contribution in [3.8, 4) is 23.7 Å². The first-order valence-corrected chi connectivity index (χ1v) is 15.7. The van der Waals surface area contributed by atoms with E-state index in [1.165, 1.54) is 96.3 Å². The summed E-state index contributed by atoms with van der Waals surface area (Å²) in [5, 5.41) is 0. The zero-order valence-electron chi connectivity index (χ0n) is 26.6. The molecule has 39 heavy (non-hydrogen) atoms. The molecule has 0 heterocycles. The van der Waals surface area contributed by atoms with Gasteiger partial charge in [-0.1, -0.05) is 210 Å². The molecule has 0 heteroatoms. The Balaban J connectivity index is -0.0000000295. The summed E-state index contributed by atoms with van der Waals surface area (Å²) >= 11 is 0. The van der Waals surface area contributed by atoms with Crippen molar-refractivity contribution in [2.45, 2.75) is 200 Å². The fourth-order valence-electron chi connectivity index (χ4n) is 3.08. The molecule has 0 aliphatic heterocycles. The van der Waals surface area contributed by atoms with Gasteiger partial charge >= 0.3 is 0 Å². The minimum absolute atomic E-state index is 0. The van der Waals surface area contributed by atoms with E-state index in [1.54, 1.807) is 6.92 Å². The van der Waals surface area contributed by atoms with E-state index < -0.39 is 0 Å². The molecule has 0 nitrogen and oxygen atoms in total. The number of allylic oxidation sites excluding steroid dienone is 4. The molecule has 0 fully saturated rings. The molecule has 0 aromatic heterocycles. The van der Waals surface area contributed by atoms with Crippen LogP contribution in [0.3, 0.4) is 0 Å². The van der Waals surface area contributed by atoms with Crippen LogP contribution >= 0.6 is 0 Å². The van der Waals surface area contributed by atoms with E-state index in [1.807, 2.05) is 13.8 Å². The van der Waals surface area contributed by atoms with Crippen LogP contribution in [-0.4, -0.2) is 0 Å². The Labute approximate surface area is 261 Å². The van der Waals surface area contributed by atoms with Crippen LogP contribution in [-0.2, 0) is 0 Å². The average Bonchev–Trinajstić information content (AvgIpc) is 2.87. The molecular formula is C39H90. The highest BCUT2D eigenvalue weighted by Gasteiger charge is 1.89. The highest BCUT2D eigenvalue weighted by molar-refractivity contribution is 5.25. The quantitative estimate of drug-likeness (QED) is 0.0945. The van der Waals surface area contributed by atoms with Gasteiger partial charge in [0, 0.05) is 13.1 Å². The van der Waals surface area contributed by atoms with Crippen molar-refractivity contribution in [3.63, 3.8) is 0 Å². The van der Waals surface area contributed by atoms with Gasteiger partial charge in [-0.2, -0.15) is 0 Å². The minimum atomic E-state index is 0. The minimum Gasteiger partial charge on any atom is -0.0925 e. The second-order valence-corrected chi connectivity index (χ2v) is 9.68. The van der Waals surface area contributed by atoms with Crippen molar-refractivity contribution in [2.24, 2.45) is 5.92 Å². The smallest absolute Gasteiger partial charge is 0.0156 e. The monoisotopic (exact) mass is 559 g/mol. The van der Waals surface area contributed by atoms with Crippen LogP contribution in [0.25, 0.3) is 0 Å². The lowest BCUT2D eigenvalue weighted by Gasteiger charge is -1.98. The van der Waals surface area contributed by atoms with Crippen molar-refractivity contribution in [1.29, 1.82) is 0 Å². The second-order valence-electron chi connectivity index (χ2n) is 9.68. The maximum absolute atomic E-state index is 2.92. The summed E-state index contributed by atoms with van der Waals surface area (Å²) in [6.45, 7) is 19.2. The summed E-state index contributed by atoms with van der Waals surface area (Å²) in [5.74, 6) is 11.5. The van der Waals surface area contributed by atoms with E-state index in [9.17, 15) is 0 Å². The fourth-order valence-corrected chi connectivity index (χ4v) is 3.08. The summed E-state index contributed by atoms with van der Waals surface area (Å²) < 4.78 is 0. The van der Waals surface area contributed by atoms with Crippen molar-refractivity contribution in [1.82, 2.24) is 0 Å². The third kappa shape index (κ3) is 85.8. The maximum Gasteiger partial charge on any atom is 0.0156 e. The third-order valence-electron chi connectivity index (χ3n) is 5.29. The number of hydrogen-bond acceptors (Lipinski definition) is 0. The lowest BCUT2D eigenvalue weighted by Crippen LogP contribution is -1.79. The van der Waals surface area contributed by atoms with Gasteiger partial charge in [-0.25, -0.2) is 0 Å². The van der Waals surface area contributed by atoms with Crippen LogP contribution in [0, 0.1) is 29.6 Å². The van der Waals surface area contributed by atoms with Crippen LogP contribution < -0.4 is 0 Å². The summed E-state index contributed by atoms with van der Waals surface area (Å²) in [5.41, 5.74) is 0. The lowest BCUT2D eigenvalue weighted by molar-refractivity contribution is 0.572. The van der Waals surface area contributed by atoms with Gasteiger partial charge in [0.05, 0.1) is 0 Å². The molecular weight excluding hydrogens is 468 g/mol. The highest BCUT2D eigenvalue weighted by Crippen LogP contribution is 2.08. The fraction of sp³-hybridized carbons (Fsp3) is 0.795. The van der Waals surface area contributed by atoms with Crippen molar-refractivity contribution in [2.75, 3.05) is 0 Å². The normalized spacial score (nSPS) is 8.97. The molecule has 0 atom stereocenters. The Morgan fingerprint density at radius 2 is 0.795 bits per heavy atom. The Bertz CT molecular complexity index is 508. The predicted molar refractivity (Wildman–Crippen MR) is 202 cm³/mol. The molecule has 0 N–H and O–H groups in total. The molecule has 0 saturated carbocycles. The van der Waals surface area contributed by atoms with E-state index in [0.717, 1.165) is 19.3 Å². The van der Waals surface area contributed by atoms with Gasteiger partial charge in [0.1, 0.15) is 0 Å². The Morgan fingerprint density at radius 3 is 1.03 bits per heavy atom. The molecule has 0 rings (SSSR count). The first-order valence-electron chi connectivity index (χ1n) is 15.7. The highest BCUT2D eigenvalue weighted by atomic mass is 14.0. The molecule has 0 saturated heterocycles. The van der Waals surface area contributed by atoms with Crippen molar-refractivity contribution < 1.29 is 7.13 Å². The van der Waals surface area contributed by atoms with Gasteiger partial charge in [-0.3, -0.25) is 0 Å². The third-order valence-corrected chi connectivity index (χ3v) is 5.29. The Morgan fingerprint density at radius 1 is 0.487 bits per heavy atom. The van der Waals surface area contributed by atoms with Gasteiger partial charge in [0.2, 0.25) is 0 Å². The van der Waals surface area contributed by atoms with E-state index in [0.29, 0.717) is 5.92 Å². The second kappa shape index (κ2) is 60.9. The van der Waals surface area contributed by atoms with Gasteiger partial charge in [-0.05, 0) is 38.0 Å². The van der Waals surface area contributed by atoms with Crippen LogP contribution in [0.2, 0.25) is 0 Å². The molecule has 0 bridgehead atoms. The molecule has 246 valence electrons. The van der Waals surface area contributed by atoms with Crippen molar-refractivity contribution >= 4 is 0 Å². The summed E-state index contributed by atoms with van der Waals surface area (Å²) in [6.07, 6.45) is 33.6. The van der Waals surface area contributed by atoms with Gasteiger partial charge in [0.15, 0.2) is 0 Å². The van der Waals surface area contributed by atoms with Gasteiger partial charge < -0.3 is 0 Å². The standard InChI is InChI=1S/C11H24.C9H16.C8H10.C8H18.3CH4.5H2/c1-3-5-7-9-11-10-8-6-4-2;1-3-5-7-9-8-6-4-2;1-4-5-6-7-8(2)3;1-3-5-7-8-6-4-2;;;;;;;;/h3-11H2,1-2H3;5-8H,3-4,9H2,1-2H3;8H,1-3H3;3-8H2,1-2H3;3*1H4;5*1H/b;7-5-,8-6-;;;;;;;;;;. The van der Waals surface area contributed by atoms with Crippen LogP contribution in [0.5, 0.6) is 0 Å². The van der Waals surface area contributed by atoms with E-state index >= 15 is 0 Å².